The molecular formula is C21H26FN3O3S. The van der Waals surface area contributed by atoms with E-state index in [0.29, 0.717) is 37.0 Å². The first-order valence-corrected chi connectivity index (χ1v) is 10.5. The molecule has 6 nitrogen and oxygen atoms in total. The highest BCUT2D eigenvalue weighted by molar-refractivity contribution is 7.09. The summed E-state index contributed by atoms with van der Waals surface area (Å²) in [5.41, 5.74) is 0.670. The van der Waals surface area contributed by atoms with E-state index in [-0.39, 0.29) is 30.1 Å². The molecule has 1 aliphatic rings. The Morgan fingerprint density at radius 3 is 2.90 bits per heavy atom. The minimum absolute atomic E-state index is 0.0694. The molecule has 1 fully saturated rings. The molecule has 8 heteroatoms. The molecule has 2 heterocycles. The van der Waals surface area contributed by atoms with Crippen molar-refractivity contribution in [3.05, 3.63) is 45.7 Å². The van der Waals surface area contributed by atoms with Crippen molar-refractivity contribution in [2.75, 3.05) is 7.11 Å². The number of nitrogens with one attached hydrogen (secondary N) is 2. The van der Waals surface area contributed by atoms with Crippen LogP contribution >= 0.6 is 11.3 Å². The van der Waals surface area contributed by atoms with Gasteiger partial charge in [-0.2, -0.15) is 0 Å². The Hall–Kier alpha value is -2.48. The van der Waals surface area contributed by atoms with Crippen LogP contribution in [-0.2, 0) is 16.0 Å². The number of hydrogen-bond acceptors (Lipinski definition) is 5. The average Bonchev–Trinajstić information content (AvgIpc) is 3.28. The predicted octanol–water partition coefficient (Wildman–Crippen LogP) is 3.45. The maximum absolute atomic E-state index is 14.3. The first-order chi connectivity index (χ1) is 13.8. The molecule has 1 aromatic heterocycles. The zero-order valence-corrected chi connectivity index (χ0v) is 17.7. The summed E-state index contributed by atoms with van der Waals surface area (Å²) < 4.78 is 19.5. The van der Waals surface area contributed by atoms with Gasteiger partial charge in [0, 0.05) is 23.8 Å². The lowest BCUT2D eigenvalue weighted by atomic mass is 9.84. The number of aromatic nitrogens is 1. The van der Waals surface area contributed by atoms with E-state index in [2.05, 4.69) is 15.6 Å². The van der Waals surface area contributed by atoms with E-state index in [1.54, 1.807) is 23.5 Å². The quantitative estimate of drug-likeness (QED) is 0.687. The molecule has 3 rings (SSSR count). The molecular weight excluding hydrogens is 393 g/mol. The van der Waals surface area contributed by atoms with E-state index in [1.807, 2.05) is 19.2 Å². The number of nitrogens with zero attached hydrogens (tertiary/aromatic N) is 1. The van der Waals surface area contributed by atoms with Crippen LogP contribution in [0.3, 0.4) is 0 Å². The summed E-state index contributed by atoms with van der Waals surface area (Å²) in [5, 5.41) is 8.83. The molecule has 0 aliphatic carbocycles. The van der Waals surface area contributed by atoms with Gasteiger partial charge in [0.05, 0.1) is 23.9 Å². The summed E-state index contributed by atoms with van der Waals surface area (Å²) in [7, 11) is 1.53. The van der Waals surface area contributed by atoms with Crippen LogP contribution in [0.25, 0.3) is 0 Å². The monoisotopic (exact) mass is 419 g/mol. The summed E-state index contributed by atoms with van der Waals surface area (Å²) in [6.07, 6.45) is 1.93. The number of methoxy groups -OCH3 is 1. The van der Waals surface area contributed by atoms with Gasteiger partial charge in [0.2, 0.25) is 11.8 Å². The lowest BCUT2D eigenvalue weighted by molar-refractivity contribution is -0.123. The molecule has 156 valence electrons. The molecule has 2 aromatic rings. The van der Waals surface area contributed by atoms with Gasteiger partial charge < -0.3 is 15.4 Å². The molecule has 0 bridgehead atoms. The number of ether oxygens (including phenoxy) is 1. The van der Waals surface area contributed by atoms with Gasteiger partial charge in [-0.1, -0.05) is 0 Å². The number of hydrogen-bond donors (Lipinski definition) is 2. The molecule has 0 saturated carbocycles. The van der Waals surface area contributed by atoms with Gasteiger partial charge >= 0.3 is 0 Å². The Morgan fingerprint density at radius 2 is 2.28 bits per heavy atom. The summed E-state index contributed by atoms with van der Waals surface area (Å²) in [5.74, 6) is 0.0316. The average molecular weight is 420 g/mol. The molecule has 0 radical (unpaired) electrons. The summed E-state index contributed by atoms with van der Waals surface area (Å²) in [4.78, 5) is 28.8. The number of benzene rings is 1. The van der Waals surface area contributed by atoms with Crippen molar-refractivity contribution < 1.29 is 18.7 Å². The molecule has 2 N–H and O–H groups in total. The predicted molar refractivity (Wildman–Crippen MR) is 109 cm³/mol. The lowest BCUT2D eigenvalue weighted by Gasteiger charge is -2.30. The molecule has 2 unspecified atom stereocenters. The molecule has 2 amide bonds. The second-order valence-corrected chi connectivity index (χ2v) is 8.61. The van der Waals surface area contributed by atoms with Gasteiger partial charge in [0.15, 0.2) is 0 Å². The number of carbonyl (C=O) groups is 2. The van der Waals surface area contributed by atoms with Gasteiger partial charge in [-0.3, -0.25) is 9.59 Å². The summed E-state index contributed by atoms with van der Waals surface area (Å²) >= 11 is 1.54. The van der Waals surface area contributed by atoms with Crippen molar-refractivity contribution in [1.82, 2.24) is 15.6 Å². The van der Waals surface area contributed by atoms with Gasteiger partial charge in [-0.05, 0) is 56.9 Å². The van der Waals surface area contributed by atoms with E-state index in [0.717, 1.165) is 10.7 Å². The number of rotatable bonds is 8. The van der Waals surface area contributed by atoms with Crippen LogP contribution in [0.4, 0.5) is 4.39 Å². The van der Waals surface area contributed by atoms with E-state index in [1.165, 1.54) is 13.2 Å². The van der Waals surface area contributed by atoms with Crippen molar-refractivity contribution in [3.63, 3.8) is 0 Å². The smallest absolute Gasteiger partial charge is 0.220 e. The van der Waals surface area contributed by atoms with Crippen molar-refractivity contribution >= 4 is 23.2 Å². The van der Waals surface area contributed by atoms with Crippen LogP contribution in [0.1, 0.15) is 54.9 Å². The number of thiazole rings is 1. The van der Waals surface area contributed by atoms with E-state index in [4.69, 9.17) is 4.74 Å². The third kappa shape index (κ3) is 5.32. The van der Waals surface area contributed by atoms with Crippen molar-refractivity contribution in [2.45, 2.75) is 57.5 Å². The van der Waals surface area contributed by atoms with Crippen molar-refractivity contribution in [2.24, 2.45) is 0 Å². The van der Waals surface area contributed by atoms with Gasteiger partial charge in [-0.25, -0.2) is 9.37 Å². The minimum atomic E-state index is -0.637. The van der Waals surface area contributed by atoms with Crippen LogP contribution in [0, 0.1) is 12.7 Å². The zero-order valence-electron chi connectivity index (χ0n) is 16.9. The normalized spacial score (nSPS) is 19.7. The van der Waals surface area contributed by atoms with Crippen LogP contribution in [0.5, 0.6) is 5.75 Å². The zero-order chi connectivity index (χ0) is 21.0. The first kappa shape index (κ1) is 21.2. The van der Waals surface area contributed by atoms with E-state index >= 15 is 0 Å². The van der Waals surface area contributed by atoms with Crippen LogP contribution in [0.15, 0.2) is 23.6 Å². The molecule has 1 aliphatic heterocycles. The standard InChI is InChI=1S/C21H26FN3O3S/c1-13(18-12-29-14(2)24-18)23-19(26)6-8-21(9-7-20(27)25-21)11-15-10-16(28-3)4-5-17(15)22/h4-5,10,12-13H,6-9,11H2,1-3H3,(H,23,26)(H,25,27). The van der Waals surface area contributed by atoms with Crippen molar-refractivity contribution in [3.8, 4) is 5.75 Å². The minimum Gasteiger partial charge on any atom is -0.497 e. The van der Waals surface area contributed by atoms with Crippen LogP contribution in [-0.4, -0.2) is 29.4 Å². The number of halogens is 1. The Bertz CT molecular complexity index is 901. The fourth-order valence-electron chi connectivity index (χ4n) is 3.68. The van der Waals surface area contributed by atoms with Crippen molar-refractivity contribution in [1.29, 1.82) is 0 Å². The van der Waals surface area contributed by atoms with E-state index < -0.39 is 5.54 Å². The second kappa shape index (κ2) is 8.90. The Labute approximate surface area is 173 Å². The fraction of sp³-hybridized carbons (Fsp3) is 0.476. The molecule has 2 atom stereocenters. The van der Waals surface area contributed by atoms with Crippen LogP contribution in [0.2, 0.25) is 0 Å². The SMILES string of the molecule is COc1ccc(F)c(CC2(CCC(=O)NC(C)c3csc(C)n3)CCC(=O)N2)c1. The Kier molecular flexibility index (Phi) is 6.52. The highest BCUT2D eigenvalue weighted by Gasteiger charge is 2.38. The number of aryl methyl sites for hydroxylation is 1. The first-order valence-electron chi connectivity index (χ1n) is 9.65. The lowest BCUT2D eigenvalue weighted by Crippen LogP contribution is -2.45. The van der Waals surface area contributed by atoms with E-state index in [9.17, 15) is 14.0 Å². The van der Waals surface area contributed by atoms with Gasteiger partial charge in [0.25, 0.3) is 0 Å². The Balaban J connectivity index is 1.66. The molecule has 0 spiro atoms. The highest BCUT2D eigenvalue weighted by atomic mass is 32.1. The topological polar surface area (TPSA) is 80.3 Å². The number of carbonyl (C=O) groups excluding carboxylic acids is 2. The maximum atomic E-state index is 14.3. The molecule has 29 heavy (non-hydrogen) atoms. The highest BCUT2D eigenvalue weighted by Crippen LogP contribution is 2.31. The molecule has 1 aromatic carbocycles. The number of amides is 2. The van der Waals surface area contributed by atoms with Crippen LogP contribution < -0.4 is 15.4 Å². The maximum Gasteiger partial charge on any atom is 0.220 e. The Morgan fingerprint density at radius 1 is 1.48 bits per heavy atom. The third-order valence-corrected chi connectivity index (χ3v) is 6.10. The molecule has 1 saturated heterocycles. The van der Waals surface area contributed by atoms with Gasteiger partial charge in [-0.15, -0.1) is 11.3 Å². The largest absolute Gasteiger partial charge is 0.497 e. The third-order valence-electron chi connectivity index (χ3n) is 5.31. The van der Waals surface area contributed by atoms with Gasteiger partial charge in [0.1, 0.15) is 11.6 Å². The summed E-state index contributed by atoms with van der Waals surface area (Å²) in [6, 6.07) is 4.39. The second-order valence-electron chi connectivity index (χ2n) is 7.54. The summed E-state index contributed by atoms with van der Waals surface area (Å²) in [6.45, 7) is 3.82. The fourth-order valence-corrected chi connectivity index (χ4v) is 4.39.